The van der Waals surface area contributed by atoms with Crippen LogP contribution in [0.5, 0.6) is 0 Å². The van der Waals surface area contributed by atoms with E-state index in [9.17, 15) is 4.79 Å². The monoisotopic (exact) mass is 183 g/mol. The van der Waals surface area contributed by atoms with E-state index >= 15 is 0 Å². The highest BCUT2D eigenvalue weighted by molar-refractivity contribution is 5.82. The first-order valence-electron chi connectivity index (χ1n) is 5.28. The zero-order valence-corrected chi connectivity index (χ0v) is 9.26. The van der Waals surface area contributed by atoms with E-state index in [1.165, 1.54) is 12.8 Å². The lowest BCUT2D eigenvalue weighted by Crippen LogP contribution is -2.41. The zero-order valence-electron chi connectivity index (χ0n) is 9.26. The van der Waals surface area contributed by atoms with Crippen molar-refractivity contribution in [3.8, 4) is 0 Å². The number of carbonyl (C=O) groups is 1. The Morgan fingerprint density at radius 1 is 1.38 bits per heavy atom. The number of hydrogen-bond donors (Lipinski definition) is 0. The number of rotatable bonds is 3. The predicted octanol–water partition coefficient (Wildman–Crippen LogP) is 2.43. The molecule has 0 saturated heterocycles. The van der Waals surface area contributed by atoms with Gasteiger partial charge in [0.1, 0.15) is 0 Å². The van der Waals surface area contributed by atoms with Gasteiger partial charge in [-0.05, 0) is 19.3 Å². The van der Waals surface area contributed by atoms with Crippen LogP contribution in [0, 0.1) is 5.41 Å². The second-order valence-corrected chi connectivity index (χ2v) is 4.98. The van der Waals surface area contributed by atoms with Crippen LogP contribution < -0.4 is 0 Å². The number of amides is 1. The van der Waals surface area contributed by atoms with Crippen molar-refractivity contribution in [1.82, 2.24) is 4.90 Å². The lowest BCUT2D eigenvalue weighted by molar-refractivity contribution is -0.140. The molecule has 1 aliphatic rings. The summed E-state index contributed by atoms with van der Waals surface area (Å²) < 4.78 is 0. The minimum absolute atomic E-state index is 0.211. The molecule has 2 nitrogen and oxygen atoms in total. The Hall–Kier alpha value is -0.530. The summed E-state index contributed by atoms with van der Waals surface area (Å²) >= 11 is 0. The van der Waals surface area contributed by atoms with Crippen molar-refractivity contribution >= 4 is 5.91 Å². The molecule has 1 saturated carbocycles. The molecule has 0 N–H and O–H groups in total. The molecule has 1 rings (SSSR count). The van der Waals surface area contributed by atoms with Gasteiger partial charge in [-0.25, -0.2) is 0 Å². The third-order valence-corrected chi connectivity index (χ3v) is 2.35. The molecule has 0 unspecified atom stereocenters. The maximum Gasteiger partial charge on any atom is 0.228 e. The summed E-state index contributed by atoms with van der Waals surface area (Å²) in [4.78, 5) is 14.0. The molecule has 0 aliphatic heterocycles. The summed E-state index contributed by atoms with van der Waals surface area (Å²) in [6.07, 6.45) is 3.49. The van der Waals surface area contributed by atoms with Crippen LogP contribution >= 0.6 is 0 Å². The third-order valence-electron chi connectivity index (χ3n) is 2.35. The smallest absolute Gasteiger partial charge is 0.228 e. The summed E-state index contributed by atoms with van der Waals surface area (Å²) in [5.41, 5.74) is -0.211. The molecule has 1 aliphatic carbocycles. The molecule has 76 valence electrons. The van der Waals surface area contributed by atoms with Crippen LogP contribution in [0.4, 0.5) is 0 Å². The van der Waals surface area contributed by atoms with E-state index in [4.69, 9.17) is 0 Å². The molecule has 2 heteroatoms. The van der Waals surface area contributed by atoms with Crippen molar-refractivity contribution in [2.24, 2.45) is 5.41 Å². The lowest BCUT2D eigenvalue weighted by atomic mass is 9.94. The van der Waals surface area contributed by atoms with Crippen LogP contribution in [-0.4, -0.2) is 23.4 Å². The Labute approximate surface area is 81.3 Å². The van der Waals surface area contributed by atoms with Crippen LogP contribution in [0.3, 0.4) is 0 Å². The average molecular weight is 183 g/mol. The van der Waals surface area contributed by atoms with E-state index in [1.807, 2.05) is 20.8 Å². The molecule has 13 heavy (non-hydrogen) atoms. The largest absolute Gasteiger partial charge is 0.339 e. The standard InChI is InChI=1S/C11H21NO/c1-5-8-12(9-6-7-9)10(13)11(2,3)4/h9H,5-8H2,1-4H3. The Morgan fingerprint density at radius 2 is 1.92 bits per heavy atom. The Kier molecular flexibility index (Phi) is 2.99. The van der Waals surface area contributed by atoms with Crippen molar-refractivity contribution in [1.29, 1.82) is 0 Å². The van der Waals surface area contributed by atoms with Crippen molar-refractivity contribution in [2.45, 2.75) is 53.0 Å². The maximum absolute atomic E-state index is 12.0. The molecule has 0 atom stereocenters. The van der Waals surface area contributed by atoms with Gasteiger partial charge >= 0.3 is 0 Å². The normalized spacial score (nSPS) is 17.2. The summed E-state index contributed by atoms with van der Waals surface area (Å²) in [6.45, 7) is 9.06. The molecule has 0 aromatic rings. The van der Waals surface area contributed by atoms with Gasteiger partial charge in [-0.15, -0.1) is 0 Å². The molecular weight excluding hydrogens is 162 g/mol. The number of hydrogen-bond acceptors (Lipinski definition) is 1. The molecule has 0 aromatic heterocycles. The zero-order chi connectivity index (χ0) is 10.1. The minimum Gasteiger partial charge on any atom is -0.339 e. The molecular formula is C11H21NO. The van der Waals surface area contributed by atoms with E-state index in [-0.39, 0.29) is 5.41 Å². The van der Waals surface area contributed by atoms with Crippen LogP contribution in [0.15, 0.2) is 0 Å². The first-order chi connectivity index (χ1) is 5.96. The lowest BCUT2D eigenvalue weighted by Gasteiger charge is -2.29. The van der Waals surface area contributed by atoms with E-state index in [0.29, 0.717) is 11.9 Å². The highest BCUT2D eigenvalue weighted by Crippen LogP contribution is 2.30. The van der Waals surface area contributed by atoms with Gasteiger partial charge in [-0.1, -0.05) is 27.7 Å². The molecule has 0 spiro atoms. The fourth-order valence-corrected chi connectivity index (χ4v) is 1.51. The molecule has 1 fully saturated rings. The highest BCUT2D eigenvalue weighted by Gasteiger charge is 2.36. The molecule has 0 bridgehead atoms. The Morgan fingerprint density at radius 3 is 2.23 bits per heavy atom. The SMILES string of the molecule is CCCN(C(=O)C(C)(C)C)C1CC1. The topological polar surface area (TPSA) is 20.3 Å². The van der Waals surface area contributed by atoms with Crippen molar-refractivity contribution in [3.63, 3.8) is 0 Å². The first kappa shape index (κ1) is 10.6. The second-order valence-electron chi connectivity index (χ2n) is 4.98. The van der Waals surface area contributed by atoms with Gasteiger partial charge in [0.15, 0.2) is 0 Å². The predicted molar refractivity (Wildman–Crippen MR) is 54.5 cm³/mol. The van der Waals surface area contributed by atoms with Crippen molar-refractivity contribution in [3.05, 3.63) is 0 Å². The van der Waals surface area contributed by atoms with Gasteiger partial charge in [0.05, 0.1) is 0 Å². The molecule has 0 aromatic carbocycles. The maximum atomic E-state index is 12.0. The van der Waals surface area contributed by atoms with Crippen molar-refractivity contribution < 1.29 is 4.79 Å². The molecule has 0 radical (unpaired) electrons. The van der Waals surface area contributed by atoms with Crippen LogP contribution in [-0.2, 0) is 4.79 Å². The second kappa shape index (κ2) is 3.69. The Balaban J connectivity index is 2.58. The van der Waals surface area contributed by atoms with Gasteiger partial charge in [0, 0.05) is 18.0 Å². The number of carbonyl (C=O) groups excluding carboxylic acids is 1. The van der Waals surface area contributed by atoms with E-state index < -0.39 is 0 Å². The first-order valence-corrected chi connectivity index (χ1v) is 5.28. The summed E-state index contributed by atoms with van der Waals surface area (Å²) in [5.74, 6) is 0.317. The minimum atomic E-state index is -0.211. The molecule has 1 amide bonds. The fraction of sp³-hybridized carbons (Fsp3) is 0.909. The quantitative estimate of drug-likeness (QED) is 0.658. The highest BCUT2D eigenvalue weighted by atomic mass is 16.2. The van der Waals surface area contributed by atoms with E-state index in [0.717, 1.165) is 13.0 Å². The van der Waals surface area contributed by atoms with Gasteiger partial charge < -0.3 is 4.90 Å². The summed E-state index contributed by atoms with van der Waals surface area (Å²) in [6, 6.07) is 0.562. The Bertz CT molecular complexity index is 189. The molecule has 0 heterocycles. The fourth-order valence-electron chi connectivity index (χ4n) is 1.51. The van der Waals surface area contributed by atoms with E-state index in [2.05, 4.69) is 11.8 Å². The van der Waals surface area contributed by atoms with Crippen LogP contribution in [0.1, 0.15) is 47.0 Å². The summed E-state index contributed by atoms with van der Waals surface area (Å²) in [5, 5.41) is 0. The van der Waals surface area contributed by atoms with Crippen molar-refractivity contribution in [2.75, 3.05) is 6.54 Å². The average Bonchev–Trinajstić information content (AvgIpc) is 2.79. The van der Waals surface area contributed by atoms with Crippen LogP contribution in [0.2, 0.25) is 0 Å². The van der Waals surface area contributed by atoms with Crippen LogP contribution in [0.25, 0.3) is 0 Å². The van der Waals surface area contributed by atoms with Gasteiger partial charge in [-0.3, -0.25) is 4.79 Å². The third kappa shape index (κ3) is 2.71. The summed E-state index contributed by atoms with van der Waals surface area (Å²) in [7, 11) is 0. The van der Waals surface area contributed by atoms with E-state index in [1.54, 1.807) is 0 Å². The van der Waals surface area contributed by atoms with Gasteiger partial charge in [0.2, 0.25) is 5.91 Å². The number of nitrogens with zero attached hydrogens (tertiary/aromatic N) is 1. The van der Waals surface area contributed by atoms with Gasteiger partial charge in [0.25, 0.3) is 0 Å². The van der Waals surface area contributed by atoms with Gasteiger partial charge in [-0.2, -0.15) is 0 Å².